The number of carboxylic acids is 1. The zero-order chi connectivity index (χ0) is 14.2. The van der Waals surface area contributed by atoms with E-state index >= 15 is 0 Å². The van der Waals surface area contributed by atoms with Gasteiger partial charge in [0.25, 0.3) is 0 Å². The van der Waals surface area contributed by atoms with E-state index in [4.69, 9.17) is 9.84 Å². The van der Waals surface area contributed by atoms with E-state index in [1.807, 2.05) is 0 Å². The van der Waals surface area contributed by atoms with Crippen molar-refractivity contribution in [2.75, 3.05) is 7.11 Å². The first kappa shape index (κ1) is 13.3. The van der Waals surface area contributed by atoms with Gasteiger partial charge >= 0.3 is 5.97 Å². The van der Waals surface area contributed by atoms with E-state index in [0.717, 1.165) is 12.1 Å². The Kier molecular flexibility index (Phi) is 3.43. The first-order valence-electron chi connectivity index (χ1n) is 4.91. The third kappa shape index (κ3) is 2.26. The number of benzene rings is 1. The largest absolute Gasteiger partial charge is 0.504 e. The average molecular weight is 332 g/mol. The van der Waals surface area contributed by atoms with E-state index < -0.39 is 23.3 Å². The van der Waals surface area contributed by atoms with Crippen LogP contribution in [0.1, 0.15) is 10.6 Å². The van der Waals surface area contributed by atoms with Gasteiger partial charge in [-0.1, -0.05) is 5.16 Å². The fourth-order valence-corrected chi connectivity index (χ4v) is 2.27. The Morgan fingerprint density at radius 3 is 2.74 bits per heavy atom. The Morgan fingerprint density at radius 1 is 1.53 bits per heavy atom. The molecule has 0 aliphatic heterocycles. The summed E-state index contributed by atoms with van der Waals surface area (Å²) in [4.78, 5) is 10.7. The van der Waals surface area contributed by atoms with Crippen molar-refractivity contribution in [2.24, 2.45) is 0 Å². The second kappa shape index (κ2) is 4.88. The number of aromatic carboxylic acids is 1. The van der Waals surface area contributed by atoms with Gasteiger partial charge in [-0.2, -0.15) is 0 Å². The lowest BCUT2D eigenvalue weighted by Gasteiger charge is -2.10. The fraction of sp³-hybridized carbons (Fsp3) is 0.0909. The van der Waals surface area contributed by atoms with E-state index in [2.05, 4.69) is 25.6 Å². The summed E-state index contributed by atoms with van der Waals surface area (Å²) in [6.45, 7) is 0. The van der Waals surface area contributed by atoms with Gasteiger partial charge in [0.1, 0.15) is 11.5 Å². The highest BCUT2D eigenvalue weighted by Gasteiger charge is 2.22. The predicted molar refractivity (Wildman–Crippen MR) is 64.8 cm³/mol. The molecular formula is C11H7BrFNO5. The van der Waals surface area contributed by atoms with Gasteiger partial charge in [0.15, 0.2) is 11.5 Å². The maximum atomic E-state index is 13.8. The van der Waals surface area contributed by atoms with Crippen molar-refractivity contribution in [3.63, 3.8) is 0 Å². The predicted octanol–water partition coefficient (Wildman–Crippen LogP) is 2.66. The first-order valence-corrected chi connectivity index (χ1v) is 5.70. The Morgan fingerprint density at radius 2 is 2.21 bits per heavy atom. The summed E-state index contributed by atoms with van der Waals surface area (Å²) in [6.07, 6.45) is 0. The molecule has 0 aliphatic rings. The highest BCUT2D eigenvalue weighted by molar-refractivity contribution is 9.10. The fourth-order valence-electron chi connectivity index (χ4n) is 1.51. The van der Waals surface area contributed by atoms with Crippen molar-refractivity contribution >= 4 is 21.9 Å². The SMILES string of the molecule is COc1c(O)cc(F)c(-c2cc(C(=O)O)on2)c1Br. The molecule has 0 unspecified atom stereocenters. The number of phenolic OH excluding ortho intramolecular Hbond substituents is 1. The number of phenols is 1. The topological polar surface area (TPSA) is 92.8 Å². The third-order valence-corrected chi connectivity index (χ3v) is 3.09. The number of rotatable bonds is 3. The van der Waals surface area contributed by atoms with Crippen LogP contribution >= 0.6 is 15.9 Å². The highest BCUT2D eigenvalue weighted by atomic mass is 79.9. The molecule has 0 saturated carbocycles. The monoisotopic (exact) mass is 331 g/mol. The number of aromatic nitrogens is 1. The molecule has 1 aromatic carbocycles. The van der Waals surface area contributed by atoms with Crippen LogP contribution in [0.25, 0.3) is 11.3 Å². The number of halogens is 2. The molecule has 0 radical (unpaired) electrons. The molecule has 19 heavy (non-hydrogen) atoms. The summed E-state index contributed by atoms with van der Waals surface area (Å²) in [5.74, 6) is -2.92. The molecule has 8 heteroatoms. The number of nitrogens with zero attached hydrogens (tertiary/aromatic N) is 1. The number of hydrogen-bond acceptors (Lipinski definition) is 5. The van der Waals surface area contributed by atoms with Crippen molar-refractivity contribution in [3.05, 3.63) is 28.2 Å². The Hall–Kier alpha value is -2.09. The molecule has 0 amide bonds. The molecule has 6 nitrogen and oxygen atoms in total. The summed E-state index contributed by atoms with van der Waals surface area (Å²) in [6, 6.07) is 1.91. The van der Waals surface area contributed by atoms with Gasteiger partial charge in [0, 0.05) is 12.1 Å². The number of methoxy groups -OCH3 is 1. The lowest BCUT2D eigenvalue weighted by Crippen LogP contribution is -1.93. The van der Waals surface area contributed by atoms with Crippen LogP contribution in [0.4, 0.5) is 4.39 Å². The standard InChI is InChI=1S/C11H7BrFNO5/c1-18-10-6(15)2-4(13)8(9(10)12)5-3-7(11(16)17)19-14-5/h2-3,15H,1H3,(H,16,17). The zero-order valence-electron chi connectivity index (χ0n) is 9.48. The second-order valence-corrected chi connectivity index (χ2v) is 4.27. The van der Waals surface area contributed by atoms with E-state index in [1.54, 1.807) is 0 Å². The van der Waals surface area contributed by atoms with E-state index in [9.17, 15) is 14.3 Å². The van der Waals surface area contributed by atoms with Gasteiger partial charge in [0.2, 0.25) is 5.76 Å². The van der Waals surface area contributed by atoms with Crippen LogP contribution in [0, 0.1) is 5.82 Å². The Balaban J connectivity index is 2.64. The first-order chi connectivity index (χ1) is 8.95. The summed E-state index contributed by atoms with van der Waals surface area (Å²) >= 11 is 3.07. The molecular weight excluding hydrogens is 325 g/mol. The van der Waals surface area contributed by atoms with Crippen LogP contribution in [0.5, 0.6) is 11.5 Å². The number of hydrogen-bond donors (Lipinski definition) is 2. The minimum atomic E-state index is -1.32. The van der Waals surface area contributed by atoms with Gasteiger partial charge in [-0.15, -0.1) is 0 Å². The molecule has 100 valence electrons. The third-order valence-electron chi connectivity index (χ3n) is 2.33. The summed E-state index contributed by atoms with van der Waals surface area (Å²) in [5, 5.41) is 21.7. The van der Waals surface area contributed by atoms with Crippen molar-refractivity contribution in [2.45, 2.75) is 0 Å². The van der Waals surface area contributed by atoms with Gasteiger partial charge < -0.3 is 19.5 Å². The van der Waals surface area contributed by atoms with E-state index in [1.165, 1.54) is 7.11 Å². The van der Waals surface area contributed by atoms with E-state index in [0.29, 0.717) is 0 Å². The smallest absolute Gasteiger partial charge is 0.374 e. The van der Waals surface area contributed by atoms with Crippen molar-refractivity contribution in [1.29, 1.82) is 0 Å². The van der Waals surface area contributed by atoms with Crippen LogP contribution in [0.2, 0.25) is 0 Å². The number of carboxylic acid groups (broad SMARTS) is 1. The molecule has 0 bridgehead atoms. The maximum absolute atomic E-state index is 13.8. The number of carbonyl (C=O) groups is 1. The van der Waals surface area contributed by atoms with Crippen LogP contribution in [0.3, 0.4) is 0 Å². The molecule has 1 heterocycles. The van der Waals surface area contributed by atoms with Crippen molar-refractivity contribution in [3.8, 4) is 22.8 Å². The summed E-state index contributed by atoms with van der Waals surface area (Å²) in [7, 11) is 1.30. The average Bonchev–Trinajstić information content (AvgIpc) is 2.78. The summed E-state index contributed by atoms with van der Waals surface area (Å²) < 4.78 is 23.4. The molecule has 2 N–H and O–H groups in total. The van der Waals surface area contributed by atoms with Crippen LogP contribution in [-0.2, 0) is 0 Å². The lowest BCUT2D eigenvalue weighted by molar-refractivity contribution is 0.0652. The van der Waals surface area contributed by atoms with Gasteiger partial charge in [-0.3, -0.25) is 0 Å². The van der Waals surface area contributed by atoms with E-state index in [-0.39, 0.29) is 21.5 Å². The summed E-state index contributed by atoms with van der Waals surface area (Å²) in [5.41, 5.74) is -0.0917. The van der Waals surface area contributed by atoms with Crippen LogP contribution in [-0.4, -0.2) is 28.4 Å². The minimum Gasteiger partial charge on any atom is -0.504 e. The number of ether oxygens (including phenoxy) is 1. The quantitative estimate of drug-likeness (QED) is 0.898. The van der Waals surface area contributed by atoms with Crippen LogP contribution in [0.15, 0.2) is 21.1 Å². The molecule has 0 atom stereocenters. The molecule has 2 rings (SSSR count). The maximum Gasteiger partial charge on any atom is 0.374 e. The van der Waals surface area contributed by atoms with Gasteiger partial charge in [0.05, 0.1) is 17.1 Å². The molecule has 0 fully saturated rings. The zero-order valence-corrected chi connectivity index (χ0v) is 11.1. The van der Waals surface area contributed by atoms with Gasteiger partial charge in [-0.05, 0) is 15.9 Å². The number of aromatic hydroxyl groups is 1. The normalized spacial score (nSPS) is 10.5. The molecule has 1 aromatic heterocycles. The minimum absolute atomic E-state index is 0.0104. The van der Waals surface area contributed by atoms with Crippen molar-refractivity contribution < 1.29 is 28.7 Å². The van der Waals surface area contributed by atoms with Gasteiger partial charge in [-0.25, -0.2) is 9.18 Å². The Labute approximate surface area is 114 Å². The molecule has 0 spiro atoms. The second-order valence-electron chi connectivity index (χ2n) is 3.48. The molecule has 2 aromatic rings. The molecule has 0 saturated heterocycles. The lowest BCUT2D eigenvalue weighted by atomic mass is 10.1. The Bertz CT molecular complexity index is 655. The highest BCUT2D eigenvalue weighted by Crippen LogP contribution is 2.42. The van der Waals surface area contributed by atoms with Crippen LogP contribution < -0.4 is 4.74 Å². The molecule has 0 aliphatic carbocycles. The van der Waals surface area contributed by atoms with Crippen molar-refractivity contribution in [1.82, 2.24) is 5.16 Å².